The Morgan fingerprint density at radius 2 is 2.16 bits per heavy atom. The molecule has 1 aromatic carbocycles. The van der Waals surface area contributed by atoms with Gasteiger partial charge in [0.25, 0.3) is 5.91 Å². The maximum atomic E-state index is 11.8. The zero-order chi connectivity index (χ0) is 13.8. The smallest absolute Gasteiger partial charge is 0.277 e. The van der Waals surface area contributed by atoms with E-state index in [1.807, 2.05) is 0 Å². The lowest BCUT2D eigenvalue weighted by Gasteiger charge is -2.04. The first kappa shape index (κ1) is 13.0. The monoisotopic (exact) mass is 259 g/mol. The third kappa shape index (κ3) is 3.05. The molecule has 0 saturated heterocycles. The molecule has 19 heavy (non-hydrogen) atoms. The van der Waals surface area contributed by atoms with E-state index in [2.05, 4.69) is 10.5 Å². The molecule has 0 atom stereocenters. The number of nitrogens with one attached hydrogen (secondary N) is 1. The predicted octanol–water partition coefficient (Wildman–Crippen LogP) is 1.38. The largest absolute Gasteiger partial charge is 0.361 e. The van der Waals surface area contributed by atoms with E-state index in [4.69, 9.17) is 10.3 Å². The molecular formula is C13H13N3O3. The maximum absolute atomic E-state index is 11.8. The summed E-state index contributed by atoms with van der Waals surface area (Å²) in [6, 6.07) is 8.10. The van der Waals surface area contributed by atoms with Gasteiger partial charge in [0.1, 0.15) is 5.76 Å². The minimum Gasteiger partial charge on any atom is -0.361 e. The SMILES string of the molecule is Cc1cc(C(=O)Nc2cccc(C(=O)CN)c2)no1. The van der Waals surface area contributed by atoms with Crippen LogP contribution >= 0.6 is 0 Å². The third-order valence-electron chi connectivity index (χ3n) is 2.49. The fourth-order valence-corrected chi connectivity index (χ4v) is 1.56. The first-order valence-corrected chi connectivity index (χ1v) is 5.68. The highest BCUT2D eigenvalue weighted by molar-refractivity contribution is 6.04. The zero-order valence-electron chi connectivity index (χ0n) is 10.3. The van der Waals surface area contributed by atoms with Crippen molar-refractivity contribution in [1.82, 2.24) is 5.16 Å². The molecule has 3 N–H and O–H groups in total. The average Bonchev–Trinajstić information content (AvgIpc) is 2.85. The van der Waals surface area contributed by atoms with Gasteiger partial charge < -0.3 is 15.6 Å². The lowest BCUT2D eigenvalue weighted by Crippen LogP contribution is -2.15. The number of nitrogens with zero attached hydrogens (tertiary/aromatic N) is 1. The van der Waals surface area contributed by atoms with E-state index in [-0.39, 0.29) is 18.0 Å². The normalized spacial score (nSPS) is 10.2. The summed E-state index contributed by atoms with van der Waals surface area (Å²) in [5, 5.41) is 6.25. The number of nitrogens with two attached hydrogens (primary N) is 1. The Hall–Kier alpha value is -2.47. The van der Waals surface area contributed by atoms with Crippen molar-refractivity contribution >= 4 is 17.4 Å². The van der Waals surface area contributed by atoms with Crippen LogP contribution in [0.2, 0.25) is 0 Å². The van der Waals surface area contributed by atoms with Crippen LogP contribution in [0.1, 0.15) is 26.6 Å². The number of rotatable bonds is 4. The molecule has 0 saturated carbocycles. The number of carbonyl (C=O) groups is 2. The number of anilines is 1. The van der Waals surface area contributed by atoms with E-state index in [9.17, 15) is 9.59 Å². The second-order valence-electron chi connectivity index (χ2n) is 3.99. The summed E-state index contributed by atoms with van der Waals surface area (Å²) in [5.74, 6) is -0.0280. The highest BCUT2D eigenvalue weighted by atomic mass is 16.5. The Kier molecular flexibility index (Phi) is 3.72. The van der Waals surface area contributed by atoms with Crippen LogP contribution in [0, 0.1) is 6.92 Å². The quantitative estimate of drug-likeness (QED) is 0.808. The van der Waals surface area contributed by atoms with Crippen molar-refractivity contribution in [2.75, 3.05) is 11.9 Å². The summed E-state index contributed by atoms with van der Waals surface area (Å²) < 4.78 is 4.82. The van der Waals surface area contributed by atoms with E-state index in [0.29, 0.717) is 17.0 Å². The Morgan fingerprint density at radius 3 is 2.79 bits per heavy atom. The lowest BCUT2D eigenvalue weighted by atomic mass is 10.1. The minimum atomic E-state index is -0.394. The van der Waals surface area contributed by atoms with Gasteiger partial charge in [0, 0.05) is 17.3 Å². The summed E-state index contributed by atoms with van der Waals surface area (Å²) in [6.45, 7) is 1.63. The molecular weight excluding hydrogens is 246 g/mol. The molecule has 0 aliphatic heterocycles. The van der Waals surface area contributed by atoms with Crippen LogP contribution in [0.5, 0.6) is 0 Å². The second kappa shape index (κ2) is 5.45. The van der Waals surface area contributed by atoms with Gasteiger partial charge in [0.2, 0.25) is 0 Å². The fraction of sp³-hybridized carbons (Fsp3) is 0.154. The first-order chi connectivity index (χ1) is 9.10. The number of hydrogen-bond acceptors (Lipinski definition) is 5. The zero-order valence-corrected chi connectivity index (χ0v) is 10.3. The Morgan fingerprint density at radius 1 is 1.37 bits per heavy atom. The number of amides is 1. The molecule has 0 spiro atoms. The average molecular weight is 259 g/mol. The molecule has 0 aliphatic rings. The van der Waals surface area contributed by atoms with Gasteiger partial charge in [-0.15, -0.1) is 0 Å². The lowest BCUT2D eigenvalue weighted by molar-refractivity contribution is 0.0995. The Labute approximate surface area is 109 Å². The summed E-state index contributed by atoms with van der Waals surface area (Å²) in [4.78, 5) is 23.3. The van der Waals surface area contributed by atoms with Gasteiger partial charge in [0.05, 0.1) is 6.54 Å². The molecule has 1 amide bonds. The van der Waals surface area contributed by atoms with Gasteiger partial charge in [-0.05, 0) is 19.1 Å². The van der Waals surface area contributed by atoms with Crippen molar-refractivity contribution in [1.29, 1.82) is 0 Å². The molecule has 2 aromatic rings. The molecule has 0 aliphatic carbocycles. The maximum Gasteiger partial charge on any atom is 0.277 e. The van der Waals surface area contributed by atoms with Crippen LogP contribution in [0.3, 0.4) is 0 Å². The summed E-state index contributed by atoms with van der Waals surface area (Å²) in [5.41, 5.74) is 6.44. The minimum absolute atomic E-state index is 0.0696. The van der Waals surface area contributed by atoms with Crippen molar-refractivity contribution in [3.8, 4) is 0 Å². The molecule has 0 fully saturated rings. The van der Waals surface area contributed by atoms with E-state index in [1.54, 1.807) is 31.2 Å². The molecule has 1 heterocycles. The van der Waals surface area contributed by atoms with E-state index >= 15 is 0 Å². The molecule has 98 valence electrons. The Bertz CT molecular complexity index is 619. The van der Waals surface area contributed by atoms with Gasteiger partial charge >= 0.3 is 0 Å². The van der Waals surface area contributed by atoms with Crippen molar-refractivity contribution in [3.05, 3.63) is 47.3 Å². The topological polar surface area (TPSA) is 98.2 Å². The molecule has 6 nitrogen and oxygen atoms in total. The van der Waals surface area contributed by atoms with Crippen LogP contribution in [0.15, 0.2) is 34.9 Å². The van der Waals surface area contributed by atoms with Crippen LogP contribution in [0.25, 0.3) is 0 Å². The van der Waals surface area contributed by atoms with Gasteiger partial charge in [-0.1, -0.05) is 17.3 Å². The van der Waals surface area contributed by atoms with Crippen molar-refractivity contribution < 1.29 is 14.1 Å². The van der Waals surface area contributed by atoms with Crippen molar-refractivity contribution in [2.24, 2.45) is 5.73 Å². The molecule has 0 unspecified atom stereocenters. The molecule has 2 rings (SSSR count). The first-order valence-electron chi connectivity index (χ1n) is 5.68. The summed E-state index contributed by atoms with van der Waals surface area (Å²) in [6.07, 6.45) is 0. The highest BCUT2D eigenvalue weighted by Crippen LogP contribution is 2.12. The van der Waals surface area contributed by atoms with E-state index in [1.165, 1.54) is 6.07 Å². The number of aromatic nitrogens is 1. The van der Waals surface area contributed by atoms with Crippen LogP contribution in [0.4, 0.5) is 5.69 Å². The van der Waals surface area contributed by atoms with Gasteiger partial charge in [-0.2, -0.15) is 0 Å². The highest BCUT2D eigenvalue weighted by Gasteiger charge is 2.12. The van der Waals surface area contributed by atoms with Crippen molar-refractivity contribution in [3.63, 3.8) is 0 Å². The molecule has 0 radical (unpaired) electrons. The fourth-order valence-electron chi connectivity index (χ4n) is 1.56. The van der Waals surface area contributed by atoms with Gasteiger partial charge in [0.15, 0.2) is 11.5 Å². The number of aryl methyl sites for hydroxylation is 1. The number of carbonyl (C=O) groups excluding carboxylic acids is 2. The van der Waals surface area contributed by atoms with Crippen LogP contribution in [-0.2, 0) is 0 Å². The number of hydrogen-bond donors (Lipinski definition) is 2. The third-order valence-corrected chi connectivity index (χ3v) is 2.49. The van der Waals surface area contributed by atoms with E-state index in [0.717, 1.165) is 0 Å². The van der Waals surface area contributed by atoms with Crippen LogP contribution < -0.4 is 11.1 Å². The molecule has 1 aromatic heterocycles. The predicted molar refractivity (Wildman–Crippen MR) is 69.0 cm³/mol. The summed E-state index contributed by atoms with van der Waals surface area (Å²) in [7, 11) is 0. The van der Waals surface area contributed by atoms with Gasteiger partial charge in [-0.3, -0.25) is 9.59 Å². The van der Waals surface area contributed by atoms with E-state index < -0.39 is 5.91 Å². The summed E-state index contributed by atoms with van der Waals surface area (Å²) >= 11 is 0. The second-order valence-corrected chi connectivity index (χ2v) is 3.99. The number of ketones is 1. The van der Waals surface area contributed by atoms with Gasteiger partial charge in [-0.25, -0.2) is 0 Å². The Balaban J connectivity index is 2.15. The van der Waals surface area contributed by atoms with Crippen LogP contribution in [-0.4, -0.2) is 23.4 Å². The van der Waals surface area contributed by atoms with Crippen molar-refractivity contribution in [2.45, 2.75) is 6.92 Å². The molecule has 6 heteroatoms. The number of benzene rings is 1. The molecule has 0 bridgehead atoms. The number of Topliss-reactive ketones (excluding diaryl/α,β-unsaturated/α-hetero) is 1. The standard InChI is InChI=1S/C13H13N3O3/c1-8-5-11(16-19-8)13(18)15-10-4-2-3-9(6-10)12(17)7-14/h2-6H,7,14H2,1H3,(H,15,18).